The van der Waals surface area contributed by atoms with Crippen LogP contribution in [0, 0.1) is 5.92 Å². The molecular weight excluding hydrogens is 264 g/mol. The van der Waals surface area contributed by atoms with Gasteiger partial charge in [-0.1, -0.05) is 25.1 Å². The lowest BCUT2D eigenvalue weighted by atomic mass is 9.94. The third-order valence-corrected chi connectivity index (χ3v) is 4.15. The average Bonchev–Trinajstić information content (AvgIpc) is 2.56. The summed E-state index contributed by atoms with van der Waals surface area (Å²) in [5.74, 6) is 0.412. The van der Waals surface area contributed by atoms with E-state index >= 15 is 0 Å². The summed E-state index contributed by atoms with van der Waals surface area (Å²) in [6.45, 7) is 5.97. The van der Waals surface area contributed by atoms with Crippen LogP contribution in [0.3, 0.4) is 0 Å². The molecule has 21 heavy (non-hydrogen) atoms. The zero-order chi connectivity index (χ0) is 15.2. The highest BCUT2D eigenvalue weighted by Gasteiger charge is 2.29. The Balaban J connectivity index is 1.99. The second-order valence-corrected chi connectivity index (χ2v) is 5.43. The Morgan fingerprint density at radius 2 is 1.76 bits per heavy atom. The van der Waals surface area contributed by atoms with Gasteiger partial charge in [0.15, 0.2) is 0 Å². The Kier molecular flexibility index (Phi) is 5.37. The van der Waals surface area contributed by atoms with Crippen LogP contribution >= 0.6 is 0 Å². The van der Waals surface area contributed by atoms with Crippen LogP contribution in [0.1, 0.15) is 33.1 Å². The number of likely N-dealkylation sites (tertiary alicyclic amines) is 1. The van der Waals surface area contributed by atoms with Crippen LogP contribution in [0.4, 0.5) is 5.69 Å². The van der Waals surface area contributed by atoms with E-state index in [2.05, 4.69) is 0 Å². The predicted octanol–water partition coefficient (Wildman–Crippen LogP) is 2.69. The molecule has 1 saturated heterocycles. The van der Waals surface area contributed by atoms with Crippen LogP contribution in [-0.4, -0.2) is 36.3 Å². The van der Waals surface area contributed by atoms with Gasteiger partial charge in [0.1, 0.15) is 0 Å². The first-order chi connectivity index (χ1) is 10.2. The number of benzene rings is 1. The quantitative estimate of drug-likeness (QED) is 0.854. The number of hydrogen-bond donors (Lipinski definition) is 0. The van der Waals surface area contributed by atoms with Crippen molar-refractivity contribution < 1.29 is 9.59 Å². The molecule has 0 atom stereocenters. The van der Waals surface area contributed by atoms with Crippen molar-refractivity contribution >= 4 is 17.5 Å². The second-order valence-electron chi connectivity index (χ2n) is 5.43. The van der Waals surface area contributed by atoms with Gasteiger partial charge in [-0.05, 0) is 31.9 Å². The lowest BCUT2D eigenvalue weighted by molar-refractivity contribution is -0.134. The molecule has 0 spiro atoms. The number of para-hydroxylation sites is 1. The Hall–Kier alpha value is -1.84. The van der Waals surface area contributed by atoms with E-state index in [1.165, 1.54) is 0 Å². The number of amides is 2. The SMILES string of the molecule is CCC(=O)N1CCC(C(=O)N(CC)c2ccccc2)CC1. The third kappa shape index (κ3) is 3.63. The van der Waals surface area contributed by atoms with Gasteiger partial charge in [-0.25, -0.2) is 0 Å². The first-order valence-electron chi connectivity index (χ1n) is 7.81. The number of rotatable bonds is 4. The van der Waals surface area contributed by atoms with Crippen molar-refractivity contribution in [1.82, 2.24) is 4.90 Å². The molecular formula is C17H24N2O2. The molecule has 0 aromatic heterocycles. The Morgan fingerprint density at radius 1 is 1.14 bits per heavy atom. The molecule has 4 heteroatoms. The molecule has 0 saturated carbocycles. The van der Waals surface area contributed by atoms with E-state index in [4.69, 9.17) is 0 Å². The van der Waals surface area contributed by atoms with Crippen molar-refractivity contribution in [3.05, 3.63) is 30.3 Å². The van der Waals surface area contributed by atoms with Crippen molar-refractivity contribution in [3.8, 4) is 0 Å². The van der Waals surface area contributed by atoms with Gasteiger partial charge in [-0.3, -0.25) is 9.59 Å². The molecule has 0 unspecified atom stereocenters. The number of piperidine rings is 1. The second kappa shape index (κ2) is 7.25. The van der Waals surface area contributed by atoms with Gasteiger partial charge in [0.05, 0.1) is 0 Å². The van der Waals surface area contributed by atoms with Gasteiger partial charge in [0.25, 0.3) is 0 Å². The maximum absolute atomic E-state index is 12.7. The van der Waals surface area contributed by atoms with Crippen LogP contribution in [0.15, 0.2) is 30.3 Å². The molecule has 0 aliphatic carbocycles. The van der Waals surface area contributed by atoms with Crippen LogP contribution in [0.5, 0.6) is 0 Å². The minimum atomic E-state index is 0.0334. The van der Waals surface area contributed by atoms with Crippen LogP contribution in [0.25, 0.3) is 0 Å². The molecule has 0 radical (unpaired) electrons. The highest BCUT2D eigenvalue weighted by atomic mass is 16.2. The maximum Gasteiger partial charge on any atom is 0.230 e. The molecule has 1 fully saturated rings. The monoisotopic (exact) mass is 288 g/mol. The molecule has 114 valence electrons. The number of hydrogen-bond acceptors (Lipinski definition) is 2. The minimum absolute atomic E-state index is 0.0334. The van der Waals surface area contributed by atoms with E-state index in [9.17, 15) is 9.59 Å². The summed E-state index contributed by atoms with van der Waals surface area (Å²) in [4.78, 5) is 28.1. The average molecular weight is 288 g/mol. The van der Waals surface area contributed by atoms with Crippen LogP contribution in [0.2, 0.25) is 0 Å². The standard InChI is InChI=1S/C17H24N2O2/c1-3-16(20)18-12-10-14(11-13-18)17(21)19(4-2)15-8-6-5-7-9-15/h5-9,14H,3-4,10-13H2,1-2H3. The lowest BCUT2D eigenvalue weighted by Gasteiger charge is -2.34. The molecule has 1 aromatic rings. The first-order valence-corrected chi connectivity index (χ1v) is 7.81. The van der Waals surface area contributed by atoms with Crippen molar-refractivity contribution in [2.24, 2.45) is 5.92 Å². The van der Waals surface area contributed by atoms with E-state index in [0.29, 0.717) is 26.1 Å². The van der Waals surface area contributed by atoms with Crippen LogP contribution in [-0.2, 0) is 9.59 Å². The fraction of sp³-hybridized carbons (Fsp3) is 0.529. The van der Waals surface area contributed by atoms with Crippen LogP contribution < -0.4 is 4.90 Å². The summed E-state index contributed by atoms with van der Waals surface area (Å²) in [6.07, 6.45) is 2.09. The van der Waals surface area contributed by atoms with Crippen molar-refractivity contribution in [1.29, 1.82) is 0 Å². The number of anilines is 1. The molecule has 1 heterocycles. The smallest absolute Gasteiger partial charge is 0.230 e. The van der Waals surface area contributed by atoms with Crippen molar-refractivity contribution in [2.75, 3.05) is 24.5 Å². The minimum Gasteiger partial charge on any atom is -0.343 e. The molecule has 1 aliphatic heterocycles. The van der Waals surface area contributed by atoms with Gasteiger partial charge >= 0.3 is 0 Å². The normalized spacial score (nSPS) is 15.8. The summed E-state index contributed by atoms with van der Waals surface area (Å²) in [5, 5.41) is 0. The highest BCUT2D eigenvalue weighted by molar-refractivity contribution is 5.95. The molecule has 1 aromatic carbocycles. The highest BCUT2D eigenvalue weighted by Crippen LogP contribution is 2.23. The van der Waals surface area contributed by atoms with Gasteiger partial charge in [-0.15, -0.1) is 0 Å². The molecule has 2 amide bonds. The van der Waals surface area contributed by atoms with Gasteiger partial charge in [0, 0.05) is 37.7 Å². The first kappa shape index (κ1) is 15.5. The van der Waals surface area contributed by atoms with E-state index in [1.807, 2.05) is 54.0 Å². The summed E-state index contributed by atoms with van der Waals surface area (Å²) in [5.41, 5.74) is 0.956. The van der Waals surface area contributed by atoms with Gasteiger partial charge < -0.3 is 9.80 Å². The predicted molar refractivity (Wildman–Crippen MR) is 84.1 cm³/mol. The zero-order valence-electron chi connectivity index (χ0n) is 12.9. The molecule has 0 bridgehead atoms. The number of carbonyl (C=O) groups is 2. The van der Waals surface area contributed by atoms with E-state index in [-0.39, 0.29) is 17.7 Å². The molecule has 1 aliphatic rings. The summed E-state index contributed by atoms with van der Waals surface area (Å²) in [6, 6.07) is 9.80. The summed E-state index contributed by atoms with van der Waals surface area (Å²) in [7, 11) is 0. The Morgan fingerprint density at radius 3 is 2.29 bits per heavy atom. The van der Waals surface area contributed by atoms with E-state index in [0.717, 1.165) is 18.5 Å². The fourth-order valence-electron chi connectivity index (χ4n) is 2.89. The Labute approximate surface area is 126 Å². The summed E-state index contributed by atoms with van der Waals surface area (Å²) >= 11 is 0. The van der Waals surface area contributed by atoms with Crippen molar-refractivity contribution in [2.45, 2.75) is 33.1 Å². The lowest BCUT2D eigenvalue weighted by Crippen LogP contribution is -2.44. The topological polar surface area (TPSA) is 40.6 Å². The maximum atomic E-state index is 12.7. The van der Waals surface area contributed by atoms with Gasteiger partial charge in [0.2, 0.25) is 11.8 Å². The number of nitrogens with zero attached hydrogens (tertiary/aromatic N) is 2. The molecule has 0 N–H and O–H groups in total. The van der Waals surface area contributed by atoms with E-state index in [1.54, 1.807) is 0 Å². The zero-order valence-corrected chi connectivity index (χ0v) is 12.9. The molecule has 4 nitrogen and oxygen atoms in total. The number of carbonyl (C=O) groups excluding carboxylic acids is 2. The molecule has 2 rings (SSSR count). The van der Waals surface area contributed by atoms with Gasteiger partial charge in [-0.2, -0.15) is 0 Å². The Bertz CT molecular complexity index is 479. The van der Waals surface area contributed by atoms with E-state index < -0.39 is 0 Å². The largest absolute Gasteiger partial charge is 0.343 e. The van der Waals surface area contributed by atoms with Crippen molar-refractivity contribution in [3.63, 3.8) is 0 Å². The third-order valence-electron chi connectivity index (χ3n) is 4.15. The summed E-state index contributed by atoms with van der Waals surface area (Å²) < 4.78 is 0. The fourth-order valence-corrected chi connectivity index (χ4v) is 2.89.